The van der Waals surface area contributed by atoms with Crippen LogP contribution in [0.4, 0.5) is 0 Å². The summed E-state index contributed by atoms with van der Waals surface area (Å²) in [5, 5.41) is 2.01. The van der Waals surface area contributed by atoms with Crippen molar-refractivity contribution in [2.24, 2.45) is 0 Å². The van der Waals surface area contributed by atoms with Crippen LogP contribution in [0.2, 0.25) is 0 Å². The van der Waals surface area contributed by atoms with Crippen molar-refractivity contribution in [2.45, 2.75) is 6.54 Å². The van der Waals surface area contributed by atoms with Crippen molar-refractivity contribution in [3.8, 4) is 0 Å². The molecule has 0 N–H and O–H groups in total. The van der Waals surface area contributed by atoms with E-state index in [9.17, 15) is 4.79 Å². The molecule has 0 aliphatic heterocycles. The number of carbonyl (C=O) groups excluding carboxylic acids is 1. The summed E-state index contributed by atoms with van der Waals surface area (Å²) < 4.78 is 0. The lowest BCUT2D eigenvalue weighted by Crippen LogP contribution is -2.26. The maximum absolute atomic E-state index is 11.1. The molecule has 0 saturated carbocycles. The lowest BCUT2D eigenvalue weighted by molar-refractivity contribution is -0.127. The molecule has 0 radical (unpaired) electrons. The van der Waals surface area contributed by atoms with Gasteiger partial charge in [-0.05, 0) is 11.4 Å². The molecule has 12 heavy (non-hydrogen) atoms. The first-order valence-electron chi connectivity index (χ1n) is 3.61. The van der Waals surface area contributed by atoms with Crippen LogP contribution < -0.4 is 0 Å². The Morgan fingerprint density at radius 3 is 3.00 bits per heavy atom. The van der Waals surface area contributed by atoms with Crippen LogP contribution >= 0.6 is 24.0 Å². The van der Waals surface area contributed by atoms with Gasteiger partial charge in [0, 0.05) is 11.9 Å². The van der Waals surface area contributed by atoms with Gasteiger partial charge in [-0.2, -0.15) is 12.6 Å². The Bertz CT molecular complexity index is 246. The Balaban J connectivity index is 2.47. The SMILES string of the molecule is CN(Cc1cccs1)C(=O)CS. The van der Waals surface area contributed by atoms with Crippen molar-refractivity contribution in [3.05, 3.63) is 22.4 Å². The fraction of sp³-hybridized carbons (Fsp3) is 0.375. The molecule has 0 fully saturated rings. The number of carbonyl (C=O) groups is 1. The van der Waals surface area contributed by atoms with Gasteiger partial charge in [0.25, 0.3) is 0 Å². The summed E-state index contributed by atoms with van der Waals surface area (Å²) >= 11 is 5.58. The monoisotopic (exact) mass is 201 g/mol. The third kappa shape index (κ3) is 2.53. The first-order valence-corrected chi connectivity index (χ1v) is 5.12. The van der Waals surface area contributed by atoms with Crippen molar-refractivity contribution in [2.75, 3.05) is 12.8 Å². The Labute approximate surface area is 81.6 Å². The average Bonchev–Trinajstić information content (AvgIpc) is 2.55. The van der Waals surface area contributed by atoms with Crippen LogP contribution in [-0.4, -0.2) is 23.6 Å². The van der Waals surface area contributed by atoms with Crippen molar-refractivity contribution >= 4 is 29.9 Å². The summed E-state index contributed by atoms with van der Waals surface area (Å²) in [6.07, 6.45) is 0. The molecule has 1 rings (SSSR count). The lowest BCUT2D eigenvalue weighted by atomic mass is 10.4. The summed E-state index contributed by atoms with van der Waals surface area (Å²) in [5.74, 6) is 0.341. The number of hydrogen-bond acceptors (Lipinski definition) is 3. The fourth-order valence-electron chi connectivity index (χ4n) is 0.845. The third-order valence-corrected chi connectivity index (χ3v) is 2.67. The standard InChI is InChI=1S/C8H11NOS2/c1-9(8(10)6-11)5-7-3-2-4-12-7/h2-4,11H,5-6H2,1H3. The molecule has 1 aromatic rings. The molecule has 4 heteroatoms. The molecule has 1 amide bonds. The first-order chi connectivity index (χ1) is 5.74. The van der Waals surface area contributed by atoms with Crippen molar-refractivity contribution in [1.82, 2.24) is 4.90 Å². The van der Waals surface area contributed by atoms with Crippen LogP contribution in [0.15, 0.2) is 17.5 Å². The van der Waals surface area contributed by atoms with Gasteiger partial charge < -0.3 is 4.90 Å². The fourth-order valence-corrected chi connectivity index (χ4v) is 1.84. The molecule has 2 nitrogen and oxygen atoms in total. The summed E-state index contributed by atoms with van der Waals surface area (Å²) in [4.78, 5) is 14.0. The number of thiol groups is 1. The minimum absolute atomic E-state index is 0.0618. The van der Waals surface area contributed by atoms with Crippen molar-refractivity contribution in [1.29, 1.82) is 0 Å². The van der Waals surface area contributed by atoms with Crippen LogP contribution in [0.1, 0.15) is 4.88 Å². The predicted octanol–water partition coefficient (Wildman–Crippen LogP) is 1.64. The van der Waals surface area contributed by atoms with Gasteiger partial charge in [0.05, 0.1) is 12.3 Å². The van der Waals surface area contributed by atoms with E-state index in [1.807, 2.05) is 17.5 Å². The molecule has 66 valence electrons. The highest BCUT2D eigenvalue weighted by Gasteiger charge is 2.06. The first kappa shape index (κ1) is 9.61. The second-order valence-corrected chi connectivity index (χ2v) is 3.84. The minimum Gasteiger partial charge on any atom is -0.340 e. The topological polar surface area (TPSA) is 20.3 Å². The largest absolute Gasteiger partial charge is 0.340 e. The minimum atomic E-state index is 0.0618. The van der Waals surface area contributed by atoms with E-state index in [1.54, 1.807) is 23.3 Å². The van der Waals surface area contributed by atoms with E-state index < -0.39 is 0 Å². The molecule has 0 bridgehead atoms. The zero-order valence-corrected chi connectivity index (χ0v) is 8.57. The molecular weight excluding hydrogens is 190 g/mol. The smallest absolute Gasteiger partial charge is 0.232 e. The van der Waals surface area contributed by atoms with E-state index in [2.05, 4.69) is 12.6 Å². The Kier molecular flexibility index (Phi) is 3.62. The molecule has 1 heterocycles. The van der Waals surface area contributed by atoms with Crippen molar-refractivity contribution in [3.63, 3.8) is 0 Å². The van der Waals surface area contributed by atoms with Gasteiger partial charge in [-0.1, -0.05) is 6.07 Å². The van der Waals surface area contributed by atoms with E-state index in [-0.39, 0.29) is 11.7 Å². The molecule has 0 atom stereocenters. The number of rotatable bonds is 3. The van der Waals surface area contributed by atoms with Crippen LogP contribution in [0.25, 0.3) is 0 Å². The zero-order valence-electron chi connectivity index (χ0n) is 6.86. The second kappa shape index (κ2) is 4.52. The summed E-state index contributed by atoms with van der Waals surface area (Å²) in [7, 11) is 1.79. The van der Waals surface area contributed by atoms with Crippen LogP contribution in [0.3, 0.4) is 0 Å². The molecule has 0 unspecified atom stereocenters. The van der Waals surface area contributed by atoms with E-state index in [0.29, 0.717) is 6.54 Å². The Morgan fingerprint density at radius 2 is 2.50 bits per heavy atom. The number of nitrogens with zero attached hydrogens (tertiary/aromatic N) is 1. The van der Waals surface area contributed by atoms with Gasteiger partial charge in [0.2, 0.25) is 5.91 Å². The maximum atomic E-state index is 11.1. The maximum Gasteiger partial charge on any atom is 0.232 e. The normalized spacial score (nSPS) is 9.83. The molecule has 1 aromatic heterocycles. The Morgan fingerprint density at radius 1 is 1.75 bits per heavy atom. The van der Waals surface area contributed by atoms with E-state index in [0.717, 1.165) is 0 Å². The predicted molar refractivity (Wildman–Crippen MR) is 54.6 cm³/mol. The molecule has 0 aromatic carbocycles. The highest BCUT2D eigenvalue weighted by atomic mass is 32.1. The van der Waals surface area contributed by atoms with Gasteiger partial charge in [0.1, 0.15) is 0 Å². The van der Waals surface area contributed by atoms with E-state index in [4.69, 9.17) is 0 Å². The van der Waals surface area contributed by atoms with Gasteiger partial charge in [-0.15, -0.1) is 11.3 Å². The molecule has 0 aliphatic rings. The van der Waals surface area contributed by atoms with Crippen molar-refractivity contribution < 1.29 is 4.79 Å². The van der Waals surface area contributed by atoms with Crippen LogP contribution in [0, 0.1) is 0 Å². The Hall–Kier alpha value is -0.480. The molecule has 0 spiro atoms. The molecule has 0 saturated heterocycles. The van der Waals surface area contributed by atoms with E-state index in [1.165, 1.54) is 4.88 Å². The second-order valence-electron chi connectivity index (χ2n) is 2.49. The van der Waals surface area contributed by atoms with Gasteiger partial charge in [-0.25, -0.2) is 0 Å². The zero-order chi connectivity index (χ0) is 8.97. The summed E-state index contributed by atoms with van der Waals surface area (Å²) in [6.45, 7) is 0.692. The average molecular weight is 201 g/mol. The molecule has 0 aliphatic carbocycles. The molecular formula is C8H11NOS2. The quantitative estimate of drug-likeness (QED) is 0.737. The van der Waals surface area contributed by atoms with E-state index >= 15 is 0 Å². The third-order valence-electron chi connectivity index (χ3n) is 1.53. The highest BCUT2D eigenvalue weighted by molar-refractivity contribution is 7.81. The summed E-state index contributed by atoms with van der Waals surface area (Å²) in [5.41, 5.74) is 0. The summed E-state index contributed by atoms with van der Waals surface area (Å²) in [6, 6.07) is 4.01. The highest BCUT2D eigenvalue weighted by Crippen LogP contribution is 2.10. The lowest BCUT2D eigenvalue weighted by Gasteiger charge is -2.14. The number of hydrogen-bond donors (Lipinski definition) is 1. The number of thiophene rings is 1. The van der Waals surface area contributed by atoms with Crippen LogP contribution in [0.5, 0.6) is 0 Å². The van der Waals surface area contributed by atoms with Gasteiger partial charge in [-0.3, -0.25) is 4.79 Å². The van der Waals surface area contributed by atoms with Gasteiger partial charge >= 0.3 is 0 Å². The number of amides is 1. The van der Waals surface area contributed by atoms with Gasteiger partial charge in [0.15, 0.2) is 0 Å². The van der Waals surface area contributed by atoms with Crippen LogP contribution in [-0.2, 0) is 11.3 Å².